The van der Waals surface area contributed by atoms with Gasteiger partial charge in [0.1, 0.15) is 0 Å². The minimum atomic E-state index is -4.34. The van der Waals surface area contributed by atoms with Crippen molar-refractivity contribution in [1.82, 2.24) is 10.1 Å². The fourth-order valence-corrected chi connectivity index (χ4v) is 1.79. The zero-order chi connectivity index (χ0) is 15.6. The zero-order valence-corrected chi connectivity index (χ0v) is 11.1. The van der Waals surface area contributed by atoms with Gasteiger partial charge in [-0.05, 0) is 36.4 Å². The highest BCUT2D eigenvalue weighted by atomic mass is 19.4. The minimum absolute atomic E-state index is 0.194. The van der Waals surface area contributed by atoms with Crippen LogP contribution in [0.25, 0.3) is 11.6 Å². The molecule has 0 aliphatic heterocycles. The SMILES string of the molecule is FC(F)(F)c1ccc(NCc2nc(-c3ccco3)no2)cc1. The van der Waals surface area contributed by atoms with Crippen LogP contribution in [-0.2, 0) is 12.7 Å². The van der Waals surface area contributed by atoms with Crippen molar-refractivity contribution in [3.63, 3.8) is 0 Å². The molecule has 0 radical (unpaired) electrons. The van der Waals surface area contributed by atoms with E-state index < -0.39 is 11.7 Å². The predicted octanol–water partition coefficient (Wildman–Crippen LogP) is 3.96. The summed E-state index contributed by atoms with van der Waals surface area (Å²) in [5.41, 5.74) is -0.179. The van der Waals surface area contributed by atoms with E-state index in [1.807, 2.05) is 0 Å². The standard InChI is InChI=1S/C14H10F3N3O2/c15-14(16,17)9-3-5-10(6-4-9)18-8-12-19-13(20-22-12)11-2-1-7-21-11/h1-7,18H,8H2. The maximum Gasteiger partial charge on any atom is 0.416 e. The number of hydrogen-bond acceptors (Lipinski definition) is 5. The Labute approximate surface area is 122 Å². The number of halogens is 3. The van der Waals surface area contributed by atoms with Gasteiger partial charge in [0, 0.05) is 5.69 Å². The van der Waals surface area contributed by atoms with Crippen molar-refractivity contribution in [2.75, 3.05) is 5.32 Å². The van der Waals surface area contributed by atoms with Gasteiger partial charge in [0.05, 0.1) is 18.4 Å². The highest BCUT2D eigenvalue weighted by Crippen LogP contribution is 2.29. The lowest BCUT2D eigenvalue weighted by atomic mass is 10.2. The molecule has 0 fully saturated rings. The maximum absolute atomic E-state index is 12.4. The van der Waals surface area contributed by atoms with E-state index in [0.717, 1.165) is 12.1 Å². The van der Waals surface area contributed by atoms with Crippen LogP contribution in [0.5, 0.6) is 0 Å². The molecule has 0 spiro atoms. The summed E-state index contributed by atoms with van der Waals surface area (Å²) >= 11 is 0. The Bertz CT molecular complexity index is 734. The second-order valence-corrected chi connectivity index (χ2v) is 4.42. The van der Waals surface area contributed by atoms with Crippen LogP contribution < -0.4 is 5.32 Å². The molecule has 1 N–H and O–H groups in total. The lowest BCUT2D eigenvalue weighted by Crippen LogP contribution is -2.05. The molecular weight excluding hydrogens is 299 g/mol. The quantitative estimate of drug-likeness (QED) is 0.790. The number of hydrogen-bond donors (Lipinski definition) is 1. The van der Waals surface area contributed by atoms with Crippen LogP contribution in [0.1, 0.15) is 11.5 Å². The van der Waals surface area contributed by atoms with Crippen LogP contribution in [0.3, 0.4) is 0 Å². The maximum atomic E-state index is 12.4. The van der Waals surface area contributed by atoms with Gasteiger partial charge in [0.25, 0.3) is 0 Å². The normalized spacial score (nSPS) is 11.6. The van der Waals surface area contributed by atoms with Gasteiger partial charge >= 0.3 is 6.18 Å². The number of benzene rings is 1. The average Bonchev–Trinajstić information content (AvgIpc) is 3.15. The van der Waals surface area contributed by atoms with Gasteiger partial charge in [-0.3, -0.25) is 0 Å². The molecule has 2 heterocycles. The summed E-state index contributed by atoms with van der Waals surface area (Å²) < 4.78 is 47.5. The highest BCUT2D eigenvalue weighted by Gasteiger charge is 2.29. The molecule has 1 aromatic carbocycles. The Balaban J connectivity index is 1.63. The molecule has 5 nitrogen and oxygen atoms in total. The fraction of sp³-hybridized carbons (Fsp3) is 0.143. The largest absolute Gasteiger partial charge is 0.461 e. The van der Waals surface area contributed by atoms with Crippen LogP contribution >= 0.6 is 0 Å². The fourth-order valence-electron chi connectivity index (χ4n) is 1.79. The highest BCUT2D eigenvalue weighted by molar-refractivity contribution is 5.46. The van der Waals surface area contributed by atoms with E-state index >= 15 is 0 Å². The number of anilines is 1. The molecule has 0 bridgehead atoms. The molecule has 0 saturated heterocycles. The number of rotatable bonds is 4. The minimum Gasteiger partial charge on any atom is -0.461 e. The van der Waals surface area contributed by atoms with Gasteiger partial charge in [-0.15, -0.1) is 0 Å². The monoisotopic (exact) mass is 309 g/mol. The molecule has 0 atom stereocenters. The Morgan fingerprint density at radius 3 is 2.50 bits per heavy atom. The van der Waals surface area contributed by atoms with Crippen molar-refractivity contribution in [3.8, 4) is 11.6 Å². The number of nitrogens with one attached hydrogen (secondary N) is 1. The number of aromatic nitrogens is 2. The summed E-state index contributed by atoms with van der Waals surface area (Å²) in [5.74, 6) is 1.09. The van der Waals surface area contributed by atoms with E-state index in [4.69, 9.17) is 8.94 Å². The Morgan fingerprint density at radius 2 is 1.86 bits per heavy atom. The topological polar surface area (TPSA) is 64.1 Å². The lowest BCUT2D eigenvalue weighted by molar-refractivity contribution is -0.137. The van der Waals surface area contributed by atoms with E-state index in [-0.39, 0.29) is 6.54 Å². The van der Waals surface area contributed by atoms with E-state index in [9.17, 15) is 13.2 Å². The van der Waals surface area contributed by atoms with Crippen molar-refractivity contribution in [3.05, 3.63) is 54.1 Å². The molecule has 3 rings (SSSR count). The van der Waals surface area contributed by atoms with E-state index in [2.05, 4.69) is 15.5 Å². The van der Waals surface area contributed by atoms with Crippen molar-refractivity contribution in [2.24, 2.45) is 0 Å². The first-order valence-electron chi connectivity index (χ1n) is 6.30. The molecule has 0 amide bonds. The summed E-state index contributed by atoms with van der Waals surface area (Å²) in [6, 6.07) is 8.08. The van der Waals surface area contributed by atoms with Gasteiger partial charge in [0.2, 0.25) is 11.7 Å². The van der Waals surface area contributed by atoms with Crippen molar-refractivity contribution < 1.29 is 22.1 Å². The summed E-state index contributed by atoms with van der Waals surface area (Å²) in [6.07, 6.45) is -2.85. The average molecular weight is 309 g/mol. The molecule has 0 aliphatic rings. The van der Waals surface area contributed by atoms with E-state index in [0.29, 0.717) is 23.2 Å². The van der Waals surface area contributed by atoms with Crippen LogP contribution in [0.4, 0.5) is 18.9 Å². The van der Waals surface area contributed by atoms with Crippen LogP contribution in [0.2, 0.25) is 0 Å². The van der Waals surface area contributed by atoms with Gasteiger partial charge < -0.3 is 14.3 Å². The summed E-state index contributed by atoms with van der Waals surface area (Å²) in [5, 5.41) is 6.65. The first-order chi connectivity index (χ1) is 10.5. The summed E-state index contributed by atoms with van der Waals surface area (Å²) in [6.45, 7) is 0.194. The molecule has 3 aromatic rings. The molecular formula is C14H10F3N3O2. The number of alkyl halides is 3. The molecule has 0 aliphatic carbocycles. The smallest absolute Gasteiger partial charge is 0.416 e. The third-order valence-electron chi connectivity index (χ3n) is 2.87. The van der Waals surface area contributed by atoms with Gasteiger partial charge in [-0.2, -0.15) is 18.2 Å². The van der Waals surface area contributed by atoms with Crippen molar-refractivity contribution >= 4 is 5.69 Å². The summed E-state index contributed by atoms with van der Waals surface area (Å²) in [4.78, 5) is 4.11. The van der Waals surface area contributed by atoms with Gasteiger partial charge in [-0.1, -0.05) is 5.16 Å². The Morgan fingerprint density at radius 1 is 1.09 bits per heavy atom. The number of nitrogens with zero attached hydrogens (tertiary/aromatic N) is 2. The predicted molar refractivity (Wildman–Crippen MR) is 70.8 cm³/mol. The zero-order valence-electron chi connectivity index (χ0n) is 11.1. The lowest BCUT2D eigenvalue weighted by Gasteiger charge is -2.08. The first kappa shape index (κ1) is 14.2. The first-order valence-corrected chi connectivity index (χ1v) is 6.30. The third-order valence-corrected chi connectivity index (χ3v) is 2.87. The van der Waals surface area contributed by atoms with Crippen molar-refractivity contribution in [1.29, 1.82) is 0 Å². The van der Waals surface area contributed by atoms with Gasteiger partial charge in [0.15, 0.2) is 5.76 Å². The molecule has 8 heteroatoms. The summed E-state index contributed by atoms with van der Waals surface area (Å²) in [7, 11) is 0. The number of furan rings is 1. The van der Waals surface area contributed by atoms with Crippen molar-refractivity contribution in [2.45, 2.75) is 12.7 Å². The van der Waals surface area contributed by atoms with Crippen LogP contribution in [0.15, 0.2) is 51.6 Å². The third kappa shape index (κ3) is 3.11. The van der Waals surface area contributed by atoms with E-state index in [1.54, 1.807) is 12.1 Å². The molecule has 114 valence electrons. The van der Waals surface area contributed by atoms with Gasteiger partial charge in [-0.25, -0.2) is 0 Å². The second kappa shape index (κ2) is 5.55. The Kier molecular flexibility index (Phi) is 3.58. The van der Waals surface area contributed by atoms with E-state index in [1.165, 1.54) is 18.4 Å². The van der Waals surface area contributed by atoms with Crippen LogP contribution in [-0.4, -0.2) is 10.1 Å². The van der Waals surface area contributed by atoms with Crippen LogP contribution in [0, 0.1) is 0 Å². The molecule has 22 heavy (non-hydrogen) atoms. The molecule has 0 unspecified atom stereocenters. The second-order valence-electron chi connectivity index (χ2n) is 4.42. The molecule has 0 saturated carbocycles. The Hall–Kier alpha value is -2.77. The molecule has 2 aromatic heterocycles.